The van der Waals surface area contributed by atoms with Crippen LogP contribution in [-0.4, -0.2) is 5.78 Å². The van der Waals surface area contributed by atoms with Gasteiger partial charge < -0.3 is 0 Å². The summed E-state index contributed by atoms with van der Waals surface area (Å²) < 4.78 is 13.0. The molecular weight excluding hydrogens is 227 g/mol. The summed E-state index contributed by atoms with van der Waals surface area (Å²) in [6, 6.07) is 4.65. The van der Waals surface area contributed by atoms with Crippen LogP contribution in [0, 0.1) is 29.5 Å². The molecule has 1 fully saturated rings. The molecule has 2 heteroatoms. The molecule has 1 aliphatic rings. The maximum absolute atomic E-state index is 13.0. The second-order valence-electron chi connectivity index (χ2n) is 6.59. The Hall–Kier alpha value is -1.18. The van der Waals surface area contributed by atoms with Crippen LogP contribution in [0.4, 0.5) is 4.39 Å². The van der Waals surface area contributed by atoms with E-state index in [9.17, 15) is 9.18 Å². The van der Waals surface area contributed by atoms with Crippen LogP contribution >= 0.6 is 0 Å². The highest BCUT2D eigenvalue weighted by molar-refractivity contribution is 5.88. The van der Waals surface area contributed by atoms with Gasteiger partial charge in [0.1, 0.15) is 11.6 Å². The summed E-state index contributed by atoms with van der Waals surface area (Å²) in [6.45, 7) is 10.4. The molecule has 1 aromatic rings. The molecule has 1 nitrogen and oxygen atoms in total. The molecule has 0 aromatic heterocycles. The lowest BCUT2D eigenvalue weighted by atomic mass is 9.98. The Morgan fingerprint density at radius 2 is 1.78 bits per heavy atom. The van der Waals surface area contributed by atoms with Crippen molar-refractivity contribution < 1.29 is 9.18 Å². The standard InChI is InChI=1S/C16H21FO/c1-10-8-12(17)7-6-11(10)9-13(18)14-15(2,3)16(14,4)5/h6-8,14H,9H2,1-5H3. The quantitative estimate of drug-likeness (QED) is 0.792. The third-order valence-electron chi connectivity index (χ3n) is 5.01. The Morgan fingerprint density at radius 1 is 1.22 bits per heavy atom. The van der Waals surface area contributed by atoms with Crippen molar-refractivity contribution in [1.29, 1.82) is 0 Å². The molecule has 0 spiro atoms. The third kappa shape index (κ3) is 1.88. The molecule has 0 unspecified atom stereocenters. The Labute approximate surface area is 108 Å². The molecule has 0 amide bonds. The van der Waals surface area contributed by atoms with E-state index in [1.807, 2.05) is 6.92 Å². The summed E-state index contributed by atoms with van der Waals surface area (Å²) in [5, 5.41) is 0. The summed E-state index contributed by atoms with van der Waals surface area (Å²) in [6.07, 6.45) is 0.420. The maximum atomic E-state index is 13.0. The van der Waals surface area contributed by atoms with E-state index in [1.165, 1.54) is 12.1 Å². The molecule has 1 aromatic carbocycles. The largest absolute Gasteiger partial charge is 0.299 e. The monoisotopic (exact) mass is 248 g/mol. The van der Waals surface area contributed by atoms with E-state index in [2.05, 4.69) is 27.7 Å². The van der Waals surface area contributed by atoms with Crippen LogP contribution in [0.15, 0.2) is 18.2 Å². The Bertz CT molecular complexity index is 486. The van der Waals surface area contributed by atoms with Crippen molar-refractivity contribution in [3.8, 4) is 0 Å². The molecule has 2 rings (SSSR count). The zero-order valence-corrected chi connectivity index (χ0v) is 11.8. The first-order valence-corrected chi connectivity index (χ1v) is 6.45. The van der Waals surface area contributed by atoms with Crippen molar-refractivity contribution in [2.24, 2.45) is 16.7 Å². The van der Waals surface area contributed by atoms with Gasteiger partial charge in [-0.3, -0.25) is 4.79 Å². The van der Waals surface area contributed by atoms with Crippen molar-refractivity contribution in [3.63, 3.8) is 0 Å². The second-order valence-corrected chi connectivity index (χ2v) is 6.59. The summed E-state index contributed by atoms with van der Waals surface area (Å²) >= 11 is 0. The van der Waals surface area contributed by atoms with Crippen LogP contribution in [0.1, 0.15) is 38.8 Å². The molecule has 0 radical (unpaired) electrons. The van der Waals surface area contributed by atoms with Gasteiger partial charge >= 0.3 is 0 Å². The molecule has 1 aliphatic carbocycles. The van der Waals surface area contributed by atoms with Gasteiger partial charge in [-0.1, -0.05) is 33.8 Å². The second kappa shape index (κ2) is 3.91. The molecular formula is C16H21FO. The Morgan fingerprint density at radius 3 is 2.22 bits per heavy atom. The molecule has 98 valence electrons. The van der Waals surface area contributed by atoms with E-state index in [4.69, 9.17) is 0 Å². The molecule has 0 bridgehead atoms. The number of carbonyl (C=O) groups is 1. The van der Waals surface area contributed by atoms with Crippen molar-refractivity contribution in [3.05, 3.63) is 35.1 Å². The molecule has 1 saturated carbocycles. The van der Waals surface area contributed by atoms with E-state index >= 15 is 0 Å². The minimum atomic E-state index is -0.240. The number of aryl methyl sites for hydroxylation is 1. The van der Waals surface area contributed by atoms with Crippen LogP contribution in [0.2, 0.25) is 0 Å². The smallest absolute Gasteiger partial charge is 0.141 e. The zero-order valence-electron chi connectivity index (χ0n) is 11.8. The van der Waals surface area contributed by atoms with Crippen LogP contribution in [0.25, 0.3) is 0 Å². The van der Waals surface area contributed by atoms with Gasteiger partial charge in [0.2, 0.25) is 0 Å². The van der Waals surface area contributed by atoms with E-state index in [0.717, 1.165) is 11.1 Å². The minimum Gasteiger partial charge on any atom is -0.299 e. The third-order valence-corrected chi connectivity index (χ3v) is 5.01. The highest BCUT2D eigenvalue weighted by Gasteiger charge is 2.67. The highest BCUT2D eigenvalue weighted by atomic mass is 19.1. The predicted octanol–water partition coefficient (Wildman–Crippen LogP) is 3.93. The average Bonchev–Trinajstić information content (AvgIpc) is 2.62. The number of hydrogen-bond acceptors (Lipinski definition) is 1. The van der Waals surface area contributed by atoms with Crippen molar-refractivity contribution in [2.75, 3.05) is 0 Å². The van der Waals surface area contributed by atoms with E-state index < -0.39 is 0 Å². The van der Waals surface area contributed by atoms with Gasteiger partial charge in [-0.15, -0.1) is 0 Å². The summed E-state index contributed by atoms with van der Waals surface area (Å²) in [5.74, 6) is 0.157. The van der Waals surface area contributed by atoms with Gasteiger partial charge in [0.05, 0.1) is 0 Å². The topological polar surface area (TPSA) is 17.1 Å². The number of hydrogen-bond donors (Lipinski definition) is 0. The van der Waals surface area contributed by atoms with Gasteiger partial charge in [0.15, 0.2) is 0 Å². The summed E-state index contributed by atoms with van der Waals surface area (Å²) in [5.41, 5.74) is 1.97. The van der Waals surface area contributed by atoms with Gasteiger partial charge in [0, 0.05) is 12.3 Å². The number of ketones is 1. The first-order valence-electron chi connectivity index (χ1n) is 6.45. The Kier molecular flexibility index (Phi) is 2.88. The molecule has 0 heterocycles. The van der Waals surface area contributed by atoms with Crippen molar-refractivity contribution in [1.82, 2.24) is 0 Å². The van der Waals surface area contributed by atoms with Gasteiger partial charge in [-0.25, -0.2) is 4.39 Å². The van der Waals surface area contributed by atoms with E-state index in [0.29, 0.717) is 6.42 Å². The van der Waals surface area contributed by atoms with Crippen LogP contribution in [-0.2, 0) is 11.2 Å². The fourth-order valence-electron chi connectivity index (χ4n) is 3.15. The van der Waals surface area contributed by atoms with Gasteiger partial charge in [-0.05, 0) is 41.0 Å². The molecule has 18 heavy (non-hydrogen) atoms. The zero-order chi connectivity index (χ0) is 13.7. The van der Waals surface area contributed by atoms with Crippen molar-refractivity contribution >= 4 is 5.78 Å². The van der Waals surface area contributed by atoms with E-state index in [1.54, 1.807) is 6.07 Å². The number of Topliss-reactive ketones (excluding diaryl/α,β-unsaturated/α-hetero) is 1. The SMILES string of the molecule is Cc1cc(F)ccc1CC(=O)C1C(C)(C)C1(C)C. The number of benzene rings is 1. The molecule has 0 N–H and O–H groups in total. The average molecular weight is 248 g/mol. The molecule has 0 saturated heterocycles. The lowest BCUT2D eigenvalue weighted by Crippen LogP contribution is -2.11. The lowest BCUT2D eigenvalue weighted by molar-refractivity contribution is -0.120. The van der Waals surface area contributed by atoms with Crippen LogP contribution in [0.3, 0.4) is 0 Å². The number of halogens is 1. The van der Waals surface area contributed by atoms with Crippen LogP contribution in [0.5, 0.6) is 0 Å². The first-order chi connectivity index (χ1) is 8.18. The van der Waals surface area contributed by atoms with Gasteiger partial charge in [-0.2, -0.15) is 0 Å². The molecule has 0 atom stereocenters. The normalized spacial score (nSPS) is 20.8. The number of carbonyl (C=O) groups excluding carboxylic acids is 1. The predicted molar refractivity (Wildman–Crippen MR) is 70.9 cm³/mol. The first kappa shape index (κ1) is 13.3. The highest BCUT2D eigenvalue weighted by Crippen LogP contribution is 2.68. The number of rotatable bonds is 3. The Balaban J connectivity index is 2.14. The van der Waals surface area contributed by atoms with Crippen LogP contribution < -0.4 is 0 Å². The fraction of sp³-hybridized carbons (Fsp3) is 0.562. The lowest BCUT2D eigenvalue weighted by Gasteiger charge is -2.06. The van der Waals surface area contributed by atoms with E-state index in [-0.39, 0.29) is 28.3 Å². The fourth-order valence-corrected chi connectivity index (χ4v) is 3.15. The minimum absolute atomic E-state index is 0.0814. The van der Waals surface area contributed by atoms with Gasteiger partial charge in [0.25, 0.3) is 0 Å². The summed E-state index contributed by atoms with van der Waals surface area (Å²) in [4.78, 5) is 12.3. The van der Waals surface area contributed by atoms with Crippen molar-refractivity contribution in [2.45, 2.75) is 41.0 Å². The maximum Gasteiger partial charge on any atom is 0.141 e. The summed E-state index contributed by atoms with van der Waals surface area (Å²) in [7, 11) is 0. The molecule has 0 aliphatic heterocycles.